The van der Waals surface area contributed by atoms with Gasteiger partial charge in [0.1, 0.15) is 0 Å². The van der Waals surface area contributed by atoms with Crippen LogP contribution in [0.4, 0.5) is 11.4 Å². The van der Waals surface area contributed by atoms with Crippen LogP contribution in [-0.2, 0) is 4.79 Å². The molecule has 3 rings (SSSR count). The van der Waals surface area contributed by atoms with E-state index in [2.05, 4.69) is 46.4 Å². The fraction of sp³-hybridized carbons (Fsp3) is 0.364. The molecule has 0 aliphatic carbocycles. The predicted octanol–water partition coefficient (Wildman–Crippen LogP) is 2.57. The first-order valence-corrected chi connectivity index (χ1v) is 9.69. The van der Waals surface area contributed by atoms with Crippen molar-refractivity contribution in [1.82, 2.24) is 4.90 Å². The lowest BCUT2D eigenvalue weighted by Gasteiger charge is -2.22. The SMILES string of the molecule is CN(CCC(=O)Nc1ccc(C(N)=O)cc1)C[C@@H]1CCN(c2ccccc2)C1. The van der Waals surface area contributed by atoms with Gasteiger partial charge in [0, 0.05) is 49.5 Å². The van der Waals surface area contributed by atoms with Gasteiger partial charge in [0.2, 0.25) is 11.8 Å². The van der Waals surface area contributed by atoms with Gasteiger partial charge in [-0.3, -0.25) is 9.59 Å². The van der Waals surface area contributed by atoms with Crippen molar-refractivity contribution in [2.45, 2.75) is 12.8 Å². The summed E-state index contributed by atoms with van der Waals surface area (Å²) in [5.74, 6) is 0.114. The van der Waals surface area contributed by atoms with Gasteiger partial charge in [-0.2, -0.15) is 0 Å². The Bertz CT molecular complexity index is 792. The average molecular weight is 380 g/mol. The fourth-order valence-corrected chi connectivity index (χ4v) is 3.62. The summed E-state index contributed by atoms with van der Waals surface area (Å²) in [5.41, 5.74) is 7.61. The van der Waals surface area contributed by atoms with E-state index < -0.39 is 5.91 Å². The van der Waals surface area contributed by atoms with Crippen LogP contribution in [0.3, 0.4) is 0 Å². The summed E-state index contributed by atoms with van der Waals surface area (Å²) in [5, 5.41) is 2.86. The molecule has 1 heterocycles. The lowest BCUT2D eigenvalue weighted by atomic mass is 10.1. The number of anilines is 2. The van der Waals surface area contributed by atoms with Crippen molar-refractivity contribution < 1.29 is 9.59 Å². The third-order valence-corrected chi connectivity index (χ3v) is 5.15. The monoisotopic (exact) mass is 380 g/mol. The molecule has 148 valence electrons. The number of hydrogen-bond acceptors (Lipinski definition) is 4. The summed E-state index contributed by atoms with van der Waals surface area (Å²) < 4.78 is 0. The van der Waals surface area contributed by atoms with E-state index in [1.807, 2.05) is 6.07 Å². The first-order chi connectivity index (χ1) is 13.5. The Morgan fingerprint density at radius 1 is 1.14 bits per heavy atom. The molecule has 0 aromatic heterocycles. The quantitative estimate of drug-likeness (QED) is 0.738. The third-order valence-electron chi connectivity index (χ3n) is 5.15. The third kappa shape index (κ3) is 5.57. The van der Waals surface area contributed by atoms with Crippen LogP contribution in [0.2, 0.25) is 0 Å². The van der Waals surface area contributed by atoms with E-state index in [4.69, 9.17) is 5.73 Å². The number of benzene rings is 2. The Hall–Kier alpha value is -2.86. The Labute approximate surface area is 166 Å². The zero-order valence-electron chi connectivity index (χ0n) is 16.3. The largest absolute Gasteiger partial charge is 0.371 e. The van der Waals surface area contributed by atoms with E-state index in [1.165, 1.54) is 12.1 Å². The number of nitrogens with zero attached hydrogens (tertiary/aromatic N) is 2. The van der Waals surface area contributed by atoms with Crippen molar-refractivity contribution in [3.05, 3.63) is 60.2 Å². The van der Waals surface area contributed by atoms with E-state index in [-0.39, 0.29) is 5.91 Å². The van der Waals surface area contributed by atoms with E-state index in [0.717, 1.165) is 19.6 Å². The number of primary amides is 1. The molecule has 0 bridgehead atoms. The molecule has 1 aliphatic heterocycles. The zero-order chi connectivity index (χ0) is 19.9. The van der Waals surface area contributed by atoms with Crippen LogP contribution in [0.15, 0.2) is 54.6 Å². The van der Waals surface area contributed by atoms with E-state index in [9.17, 15) is 9.59 Å². The van der Waals surface area contributed by atoms with Gasteiger partial charge in [-0.05, 0) is 55.8 Å². The number of carbonyl (C=O) groups is 2. The van der Waals surface area contributed by atoms with Crippen LogP contribution < -0.4 is 16.0 Å². The Morgan fingerprint density at radius 3 is 2.54 bits per heavy atom. The first kappa shape index (κ1) is 19.9. The van der Waals surface area contributed by atoms with Gasteiger partial charge in [-0.25, -0.2) is 0 Å². The molecule has 28 heavy (non-hydrogen) atoms. The minimum atomic E-state index is -0.475. The van der Waals surface area contributed by atoms with Crippen LogP contribution in [0.5, 0.6) is 0 Å². The second-order valence-corrected chi connectivity index (χ2v) is 7.44. The highest BCUT2D eigenvalue weighted by Gasteiger charge is 2.23. The summed E-state index contributed by atoms with van der Waals surface area (Å²) in [4.78, 5) is 27.9. The smallest absolute Gasteiger partial charge is 0.248 e. The highest BCUT2D eigenvalue weighted by atomic mass is 16.2. The van der Waals surface area contributed by atoms with Crippen LogP contribution in [0, 0.1) is 5.92 Å². The van der Waals surface area contributed by atoms with E-state index >= 15 is 0 Å². The fourth-order valence-electron chi connectivity index (χ4n) is 3.62. The van der Waals surface area contributed by atoms with Crippen LogP contribution in [0.25, 0.3) is 0 Å². The summed E-state index contributed by atoms with van der Waals surface area (Å²) in [7, 11) is 2.07. The van der Waals surface area contributed by atoms with Crippen LogP contribution in [0.1, 0.15) is 23.2 Å². The Morgan fingerprint density at radius 2 is 1.86 bits per heavy atom. The number of nitrogens with one attached hydrogen (secondary N) is 1. The zero-order valence-corrected chi connectivity index (χ0v) is 16.3. The number of hydrogen-bond donors (Lipinski definition) is 2. The lowest BCUT2D eigenvalue weighted by molar-refractivity contribution is -0.116. The van der Waals surface area contributed by atoms with Gasteiger partial charge >= 0.3 is 0 Å². The molecule has 2 aromatic carbocycles. The number of para-hydroxylation sites is 1. The molecule has 1 atom stereocenters. The van der Waals surface area contributed by atoms with Crippen molar-refractivity contribution >= 4 is 23.2 Å². The predicted molar refractivity (Wildman–Crippen MR) is 112 cm³/mol. The highest BCUT2D eigenvalue weighted by molar-refractivity contribution is 5.94. The molecule has 0 unspecified atom stereocenters. The van der Waals surface area contributed by atoms with Gasteiger partial charge in [-0.1, -0.05) is 18.2 Å². The molecule has 0 spiro atoms. The molecular weight excluding hydrogens is 352 g/mol. The van der Waals surface area contributed by atoms with Crippen molar-refractivity contribution in [3.8, 4) is 0 Å². The summed E-state index contributed by atoms with van der Waals surface area (Å²) in [6.07, 6.45) is 1.61. The maximum absolute atomic E-state index is 12.2. The molecule has 2 aromatic rings. The van der Waals surface area contributed by atoms with Gasteiger partial charge in [-0.15, -0.1) is 0 Å². The standard InChI is InChI=1S/C22H28N4O2/c1-25(15-17-11-14-26(16-17)20-5-3-2-4-6-20)13-12-21(27)24-19-9-7-18(8-10-19)22(23)28/h2-10,17H,11-16H2,1H3,(H2,23,28)(H,24,27)/t17-/m0/s1. The summed E-state index contributed by atoms with van der Waals surface area (Å²) in [6.45, 7) is 3.86. The Kier molecular flexibility index (Phi) is 6.66. The molecule has 6 heteroatoms. The molecule has 1 fully saturated rings. The van der Waals surface area contributed by atoms with Crippen molar-refractivity contribution in [2.75, 3.05) is 43.4 Å². The number of carbonyl (C=O) groups excluding carboxylic acids is 2. The summed E-state index contributed by atoms with van der Waals surface area (Å²) >= 11 is 0. The Balaban J connectivity index is 1.39. The first-order valence-electron chi connectivity index (χ1n) is 9.69. The van der Waals surface area contributed by atoms with Crippen LogP contribution in [-0.4, -0.2) is 49.9 Å². The molecular formula is C22H28N4O2. The lowest BCUT2D eigenvalue weighted by Crippen LogP contribution is -2.30. The second-order valence-electron chi connectivity index (χ2n) is 7.44. The molecule has 0 saturated carbocycles. The number of rotatable bonds is 8. The molecule has 6 nitrogen and oxygen atoms in total. The van der Waals surface area contributed by atoms with Crippen molar-refractivity contribution in [2.24, 2.45) is 11.7 Å². The minimum absolute atomic E-state index is 0.0315. The highest BCUT2D eigenvalue weighted by Crippen LogP contribution is 2.23. The maximum Gasteiger partial charge on any atom is 0.248 e. The number of amides is 2. The molecule has 3 N–H and O–H groups in total. The van der Waals surface area contributed by atoms with Crippen molar-refractivity contribution in [3.63, 3.8) is 0 Å². The van der Waals surface area contributed by atoms with E-state index in [0.29, 0.717) is 30.1 Å². The van der Waals surface area contributed by atoms with E-state index in [1.54, 1.807) is 24.3 Å². The molecule has 1 aliphatic rings. The minimum Gasteiger partial charge on any atom is -0.371 e. The molecule has 2 amide bonds. The van der Waals surface area contributed by atoms with Crippen LogP contribution >= 0.6 is 0 Å². The average Bonchev–Trinajstić information content (AvgIpc) is 3.16. The van der Waals surface area contributed by atoms with Gasteiger partial charge in [0.15, 0.2) is 0 Å². The molecule has 0 radical (unpaired) electrons. The normalized spacial score (nSPS) is 16.4. The second kappa shape index (κ2) is 9.37. The maximum atomic E-state index is 12.2. The molecule has 1 saturated heterocycles. The van der Waals surface area contributed by atoms with Gasteiger partial charge < -0.3 is 20.9 Å². The van der Waals surface area contributed by atoms with Gasteiger partial charge in [0.05, 0.1) is 0 Å². The van der Waals surface area contributed by atoms with Gasteiger partial charge in [0.25, 0.3) is 0 Å². The van der Waals surface area contributed by atoms with Crippen molar-refractivity contribution in [1.29, 1.82) is 0 Å². The topological polar surface area (TPSA) is 78.7 Å². The summed E-state index contributed by atoms with van der Waals surface area (Å²) in [6, 6.07) is 17.1. The number of nitrogens with two attached hydrogens (primary N) is 1.